The lowest BCUT2D eigenvalue weighted by Gasteiger charge is -2.26. The Bertz CT molecular complexity index is 1220. The number of para-hydroxylation sites is 1. The standard InChI is InChI=1S/C25H20FNO5/c1-31-18-12-10-15(11-13-18)23(28)21-22(19-8-3-4-9-20(19)32-2)27(25(30)24(21)29)17-7-5-6-16(26)14-17/h3-14,22,28H,1-2H3. The van der Waals surface area contributed by atoms with Crippen LogP contribution in [0.25, 0.3) is 5.76 Å². The number of rotatable bonds is 5. The number of hydrogen-bond donors (Lipinski definition) is 1. The van der Waals surface area contributed by atoms with Crippen molar-refractivity contribution in [1.82, 2.24) is 0 Å². The van der Waals surface area contributed by atoms with Crippen molar-refractivity contribution in [3.63, 3.8) is 0 Å². The molecule has 1 fully saturated rings. The summed E-state index contributed by atoms with van der Waals surface area (Å²) in [5.74, 6) is -1.66. The fraction of sp³-hybridized carbons (Fsp3) is 0.120. The van der Waals surface area contributed by atoms with E-state index in [1.54, 1.807) is 48.5 Å². The monoisotopic (exact) mass is 433 g/mol. The van der Waals surface area contributed by atoms with Gasteiger partial charge in [0.05, 0.1) is 25.8 Å². The molecule has 32 heavy (non-hydrogen) atoms. The summed E-state index contributed by atoms with van der Waals surface area (Å²) < 4.78 is 24.6. The molecule has 0 aliphatic carbocycles. The van der Waals surface area contributed by atoms with Gasteiger partial charge in [-0.2, -0.15) is 0 Å². The van der Waals surface area contributed by atoms with Crippen LogP contribution in [0.5, 0.6) is 11.5 Å². The highest BCUT2D eigenvalue weighted by atomic mass is 19.1. The Labute approximate surface area is 184 Å². The third-order valence-corrected chi connectivity index (χ3v) is 5.33. The molecule has 1 aliphatic rings. The topological polar surface area (TPSA) is 76.1 Å². The van der Waals surface area contributed by atoms with Gasteiger partial charge in [-0.15, -0.1) is 0 Å². The smallest absolute Gasteiger partial charge is 0.300 e. The quantitative estimate of drug-likeness (QED) is 0.365. The molecule has 1 atom stereocenters. The number of nitrogens with zero attached hydrogens (tertiary/aromatic N) is 1. The zero-order valence-corrected chi connectivity index (χ0v) is 17.4. The number of carbonyl (C=O) groups is 2. The first kappa shape index (κ1) is 21.1. The third kappa shape index (κ3) is 3.58. The summed E-state index contributed by atoms with van der Waals surface area (Å²) in [5.41, 5.74) is 0.891. The van der Waals surface area contributed by atoms with Crippen molar-refractivity contribution >= 4 is 23.1 Å². The van der Waals surface area contributed by atoms with Crippen molar-refractivity contribution < 1.29 is 28.6 Å². The molecule has 1 heterocycles. The minimum absolute atomic E-state index is 0.117. The van der Waals surface area contributed by atoms with Crippen LogP contribution in [-0.2, 0) is 9.59 Å². The lowest BCUT2D eigenvalue weighted by molar-refractivity contribution is -0.132. The first-order chi connectivity index (χ1) is 15.5. The highest BCUT2D eigenvalue weighted by Crippen LogP contribution is 2.44. The molecule has 3 aromatic carbocycles. The van der Waals surface area contributed by atoms with Gasteiger partial charge in [0, 0.05) is 16.8 Å². The van der Waals surface area contributed by atoms with Gasteiger partial charge in [0.2, 0.25) is 0 Å². The van der Waals surface area contributed by atoms with Gasteiger partial charge in [0.15, 0.2) is 0 Å². The fourth-order valence-electron chi connectivity index (χ4n) is 3.82. The Kier molecular flexibility index (Phi) is 5.64. The predicted octanol–water partition coefficient (Wildman–Crippen LogP) is 4.47. The summed E-state index contributed by atoms with van der Waals surface area (Å²) in [6.45, 7) is 0. The number of ketones is 1. The largest absolute Gasteiger partial charge is 0.507 e. The Morgan fingerprint density at radius 1 is 0.938 bits per heavy atom. The SMILES string of the molecule is COc1ccc(C(O)=C2C(=O)C(=O)N(c3cccc(F)c3)C2c2ccccc2OC)cc1. The number of benzene rings is 3. The Morgan fingerprint density at radius 3 is 2.31 bits per heavy atom. The van der Waals surface area contributed by atoms with Crippen LogP contribution in [0.3, 0.4) is 0 Å². The van der Waals surface area contributed by atoms with E-state index in [1.807, 2.05) is 0 Å². The molecular weight excluding hydrogens is 413 g/mol. The number of methoxy groups -OCH3 is 2. The summed E-state index contributed by atoms with van der Waals surface area (Å²) in [6, 6.07) is 17.7. The van der Waals surface area contributed by atoms with Gasteiger partial charge in [0.1, 0.15) is 23.1 Å². The fourth-order valence-corrected chi connectivity index (χ4v) is 3.82. The van der Waals surface area contributed by atoms with Crippen LogP contribution in [0.15, 0.2) is 78.4 Å². The zero-order valence-electron chi connectivity index (χ0n) is 17.4. The van der Waals surface area contributed by atoms with Crippen molar-refractivity contribution in [2.75, 3.05) is 19.1 Å². The predicted molar refractivity (Wildman–Crippen MR) is 117 cm³/mol. The van der Waals surface area contributed by atoms with E-state index >= 15 is 0 Å². The summed E-state index contributed by atoms with van der Waals surface area (Å²) >= 11 is 0. The summed E-state index contributed by atoms with van der Waals surface area (Å²) in [5, 5.41) is 11.1. The molecular formula is C25H20FNO5. The van der Waals surface area contributed by atoms with E-state index in [2.05, 4.69) is 0 Å². The van der Waals surface area contributed by atoms with E-state index in [1.165, 1.54) is 43.4 Å². The highest BCUT2D eigenvalue weighted by molar-refractivity contribution is 6.51. The molecule has 1 amide bonds. The Hall–Kier alpha value is -4.13. The molecule has 6 nitrogen and oxygen atoms in total. The Morgan fingerprint density at radius 2 is 1.66 bits per heavy atom. The lowest BCUT2D eigenvalue weighted by atomic mass is 9.94. The van der Waals surface area contributed by atoms with Crippen LogP contribution in [0.2, 0.25) is 0 Å². The molecule has 7 heteroatoms. The summed E-state index contributed by atoms with van der Waals surface area (Å²) in [6.07, 6.45) is 0. The molecule has 0 saturated carbocycles. The van der Waals surface area contributed by atoms with E-state index in [-0.39, 0.29) is 17.0 Å². The number of hydrogen-bond acceptors (Lipinski definition) is 5. The third-order valence-electron chi connectivity index (χ3n) is 5.33. The number of amides is 1. The van der Waals surface area contributed by atoms with E-state index in [0.717, 1.165) is 0 Å². The van der Waals surface area contributed by atoms with Gasteiger partial charge < -0.3 is 14.6 Å². The average Bonchev–Trinajstić information content (AvgIpc) is 3.09. The maximum Gasteiger partial charge on any atom is 0.300 e. The van der Waals surface area contributed by atoms with Crippen LogP contribution in [0.4, 0.5) is 10.1 Å². The number of halogens is 1. The highest BCUT2D eigenvalue weighted by Gasteiger charge is 2.48. The molecule has 0 radical (unpaired) electrons. The van der Waals surface area contributed by atoms with Gasteiger partial charge in [0.25, 0.3) is 11.7 Å². The van der Waals surface area contributed by atoms with Crippen LogP contribution < -0.4 is 14.4 Å². The van der Waals surface area contributed by atoms with Gasteiger partial charge in [-0.3, -0.25) is 14.5 Å². The second kappa shape index (κ2) is 8.55. The van der Waals surface area contributed by atoms with E-state index in [9.17, 15) is 19.1 Å². The summed E-state index contributed by atoms with van der Waals surface area (Å²) in [7, 11) is 2.98. The number of aliphatic hydroxyl groups excluding tert-OH is 1. The number of aliphatic hydroxyl groups is 1. The minimum Gasteiger partial charge on any atom is -0.507 e. The molecule has 0 bridgehead atoms. The van der Waals surface area contributed by atoms with Crippen LogP contribution in [0, 0.1) is 5.82 Å². The number of carbonyl (C=O) groups excluding carboxylic acids is 2. The van der Waals surface area contributed by atoms with Crippen molar-refractivity contribution in [1.29, 1.82) is 0 Å². The van der Waals surface area contributed by atoms with Crippen LogP contribution in [-0.4, -0.2) is 31.0 Å². The van der Waals surface area contributed by atoms with E-state index in [0.29, 0.717) is 22.6 Å². The van der Waals surface area contributed by atoms with E-state index in [4.69, 9.17) is 9.47 Å². The normalized spacial score (nSPS) is 17.5. The summed E-state index contributed by atoms with van der Waals surface area (Å²) in [4.78, 5) is 27.4. The number of ether oxygens (including phenoxy) is 2. The van der Waals surface area contributed by atoms with E-state index < -0.39 is 23.5 Å². The first-order valence-electron chi connectivity index (χ1n) is 9.80. The van der Waals surface area contributed by atoms with Crippen LogP contribution >= 0.6 is 0 Å². The van der Waals surface area contributed by atoms with Gasteiger partial charge in [-0.1, -0.05) is 24.3 Å². The maximum absolute atomic E-state index is 14.0. The first-order valence-corrected chi connectivity index (χ1v) is 9.80. The van der Waals surface area contributed by atoms with Crippen molar-refractivity contribution in [2.45, 2.75) is 6.04 Å². The van der Waals surface area contributed by atoms with Gasteiger partial charge >= 0.3 is 0 Å². The second-order valence-electron chi connectivity index (χ2n) is 7.12. The minimum atomic E-state index is -1.02. The molecule has 1 aliphatic heterocycles. The molecule has 0 aromatic heterocycles. The molecule has 1 N–H and O–H groups in total. The molecule has 0 spiro atoms. The van der Waals surface area contributed by atoms with Crippen molar-refractivity contribution in [3.05, 3.63) is 95.3 Å². The van der Waals surface area contributed by atoms with Crippen LogP contribution in [0.1, 0.15) is 17.2 Å². The second-order valence-corrected chi connectivity index (χ2v) is 7.12. The van der Waals surface area contributed by atoms with Crippen molar-refractivity contribution in [3.8, 4) is 11.5 Å². The molecule has 4 rings (SSSR count). The molecule has 1 unspecified atom stereocenters. The van der Waals surface area contributed by atoms with Crippen molar-refractivity contribution in [2.24, 2.45) is 0 Å². The average molecular weight is 433 g/mol. The molecule has 3 aromatic rings. The lowest BCUT2D eigenvalue weighted by Crippen LogP contribution is -2.29. The zero-order chi connectivity index (χ0) is 22.8. The maximum atomic E-state index is 14.0. The molecule has 162 valence electrons. The molecule has 1 saturated heterocycles. The Balaban J connectivity index is 1.96. The van der Waals surface area contributed by atoms with Gasteiger partial charge in [-0.25, -0.2) is 4.39 Å². The number of anilines is 1. The van der Waals surface area contributed by atoms with Gasteiger partial charge in [-0.05, 0) is 48.5 Å². The number of Topliss-reactive ketones (excluding diaryl/α,β-unsaturated/α-hetero) is 1.